The summed E-state index contributed by atoms with van der Waals surface area (Å²) in [6.45, 7) is 3.02. The molecule has 1 unspecified atom stereocenters. The summed E-state index contributed by atoms with van der Waals surface area (Å²) in [5.41, 5.74) is 0.557. The SMILES string of the molecule is CCOc1c(Br)cc(Cl)cc1NC(=O)C1CCCO1. The molecule has 0 aromatic heterocycles. The first kappa shape index (κ1) is 14.6. The van der Waals surface area contributed by atoms with Crippen molar-refractivity contribution < 1.29 is 14.3 Å². The fraction of sp³-hybridized carbons (Fsp3) is 0.462. The van der Waals surface area contributed by atoms with Gasteiger partial charge < -0.3 is 14.8 Å². The number of ether oxygens (including phenoxy) is 2. The van der Waals surface area contributed by atoms with Gasteiger partial charge in [-0.15, -0.1) is 0 Å². The highest BCUT2D eigenvalue weighted by molar-refractivity contribution is 9.10. The summed E-state index contributed by atoms with van der Waals surface area (Å²) < 4.78 is 11.6. The Morgan fingerprint density at radius 3 is 3.05 bits per heavy atom. The van der Waals surface area contributed by atoms with E-state index in [1.54, 1.807) is 12.1 Å². The maximum Gasteiger partial charge on any atom is 0.253 e. The van der Waals surface area contributed by atoms with Crippen LogP contribution in [0.1, 0.15) is 19.8 Å². The highest BCUT2D eigenvalue weighted by Crippen LogP contribution is 2.36. The highest BCUT2D eigenvalue weighted by atomic mass is 79.9. The number of carbonyl (C=O) groups is 1. The van der Waals surface area contributed by atoms with E-state index in [0.717, 1.165) is 12.8 Å². The van der Waals surface area contributed by atoms with E-state index in [0.29, 0.717) is 34.1 Å². The lowest BCUT2D eigenvalue weighted by molar-refractivity contribution is -0.124. The Balaban J connectivity index is 2.20. The number of hydrogen-bond donors (Lipinski definition) is 1. The molecule has 1 aromatic carbocycles. The third kappa shape index (κ3) is 3.61. The molecule has 0 bridgehead atoms. The number of rotatable bonds is 4. The Kier molecular flexibility index (Phi) is 5.07. The van der Waals surface area contributed by atoms with Gasteiger partial charge in [0.25, 0.3) is 5.91 Å². The Bertz CT molecular complexity index is 475. The lowest BCUT2D eigenvalue weighted by Gasteiger charge is -2.15. The molecule has 1 aliphatic heterocycles. The molecule has 1 amide bonds. The zero-order valence-electron chi connectivity index (χ0n) is 10.5. The van der Waals surface area contributed by atoms with Crippen LogP contribution in [0.3, 0.4) is 0 Å². The lowest BCUT2D eigenvalue weighted by atomic mass is 10.2. The first-order valence-corrected chi connectivity index (χ1v) is 7.33. The van der Waals surface area contributed by atoms with E-state index >= 15 is 0 Å². The van der Waals surface area contributed by atoms with Crippen molar-refractivity contribution in [1.29, 1.82) is 0 Å². The van der Waals surface area contributed by atoms with E-state index in [1.807, 2.05) is 6.92 Å². The molecule has 0 spiro atoms. The average Bonchev–Trinajstić information content (AvgIpc) is 2.87. The highest BCUT2D eigenvalue weighted by Gasteiger charge is 2.24. The van der Waals surface area contributed by atoms with E-state index in [9.17, 15) is 4.79 Å². The standard InChI is InChI=1S/C13H15BrClNO3/c1-2-18-12-9(14)6-8(15)7-10(12)16-13(17)11-4-3-5-19-11/h6-7,11H,2-5H2,1H3,(H,16,17). The summed E-state index contributed by atoms with van der Waals surface area (Å²) in [6, 6.07) is 3.40. The van der Waals surface area contributed by atoms with Crippen molar-refractivity contribution in [2.45, 2.75) is 25.9 Å². The Hall–Kier alpha value is -0.780. The van der Waals surface area contributed by atoms with Crippen molar-refractivity contribution in [2.75, 3.05) is 18.5 Å². The van der Waals surface area contributed by atoms with Gasteiger partial charge in [-0.3, -0.25) is 4.79 Å². The largest absolute Gasteiger partial charge is 0.491 e. The van der Waals surface area contributed by atoms with Crippen LogP contribution in [0.25, 0.3) is 0 Å². The molecule has 104 valence electrons. The molecule has 1 N–H and O–H groups in total. The van der Waals surface area contributed by atoms with Crippen LogP contribution in [-0.4, -0.2) is 25.2 Å². The van der Waals surface area contributed by atoms with E-state index in [-0.39, 0.29) is 12.0 Å². The van der Waals surface area contributed by atoms with Crippen LogP contribution in [0, 0.1) is 0 Å². The van der Waals surface area contributed by atoms with E-state index in [2.05, 4.69) is 21.2 Å². The van der Waals surface area contributed by atoms with Crippen molar-refractivity contribution >= 4 is 39.1 Å². The second-order valence-corrected chi connectivity index (χ2v) is 5.48. The van der Waals surface area contributed by atoms with Gasteiger partial charge in [0, 0.05) is 11.6 Å². The molecule has 6 heteroatoms. The van der Waals surface area contributed by atoms with E-state index in [4.69, 9.17) is 21.1 Å². The Morgan fingerprint density at radius 1 is 1.63 bits per heavy atom. The topological polar surface area (TPSA) is 47.6 Å². The van der Waals surface area contributed by atoms with Gasteiger partial charge in [-0.05, 0) is 47.8 Å². The van der Waals surface area contributed by atoms with Gasteiger partial charge >= 0.3 is 0 Å². The summed E-state index contributed by atoms with van der Waals surface area (Å²) >= 11 is 9.38. The first-order chi connectivity index (χ1) is 9.11. The van der Waals surface area contributed by atoms with Gasteiger partial charge in [0.1, 0.15) is 6.10 Å². The molecular formula is C13H15BrClNO3. The van der Waals surface area contributed by atoms with Crippen LogP contribution in [0.2, 0.25) is 5.02 Å². The summed E-state index contributed by atoms with van der Waals surface area (Å²) in [4.78, 5) is 12.0. The average molecular weight is 349 g/mol. The van der Waals surface area contributed by atoms with Crippen molar-refractivity contribution in [3.8, 4) is 5.75 Å². The number of amides is 1. The van der Waals surface area contributed by atoms with Gasteiger partial charge in [-0.2, -0.15) is 0 Å². The van der Waals surface area contributed by atoms with Crippen LogP contribution in [0.15, 0.2) is 16.6 Å². The normalized spacial score (nSPS) is 18.4. The van der Waals surface area contributed by atoms with Gasteiger partial charge in [0.15, 0.2) is 5.75 Å². The fourth-order valence-corrected chi connectivity index (χ4v) is 2.87. The summed E-state index contributed by atoms with van der Waals surface area (Å²) in [5.74, 6) is 0.422. The minimum atomic E-state index is -0.382. The molecule has 0 saturated carbocycles. The fourth-order valence-electron chi connectivity index (χ4n) is 1.94. The van der Waals surface area contributed by atoms with Crippen LogP contribution in [-0.2, 0) is 9.53 Å². The summed E-state index contributed by atoms with van der Waals surface area (Å²) in [5, 5.41) is 3.34. The number of nitrogens with one attached hydrogen (secondary N) is 1. The number of carbonyl (C=O) groups excluding carboxylic acids is 1. The zero-order chi connectivity index (χ0) is 13.8. The number of anilines is 1. The van der Waals surface area contributed by atoms with E-state index in [1.165, 1.54) is 0 Å². The number of benzene rings is 1. The molecule has 0 aliphatic carbocycles. The van der Waals surface area contributed by atoms with E-state index < -0.39 is 0 Å². The Labute approximate surface area is 125 Å². The predicted molar refractivity (Wildman–Crippen MR) is 77.9 cm³/mol. The maximum atomic E-state index is 12.0. The van der Waals surface area contributed by atoms with Crippen LogP contribution in [0.5, 0.6) is 5.75 Å². The van der Waals surface area contributed by atoms with Gasteiger partial charge in [0.05, 0.1) is 16.8 Å². The predicted octanol–water partition coefficient (Wildman–Crippen LogP) is 3.62. The van der Waals surface area contributed by atoms with Crippen molar-refractivity contribution in [2.24, 2.45) is 0 Å². The van der Waals surface area contributed by atoms with Gasteiger partial charge in [0.2, 0.25) is 0 Å². The smallest absolute Gasteiger partial charge is 0.253 e. The third-order valence-corrected chi connectivity index (χ3v) is 3.58. The van der Waals surface area contributed by atoms with Gasteiger partial charge in [-0.1, -0.05) is 11.6 Å². The van der Waals surface area contributed by atoms with Crippen LogP contribution >= 0.6 is 27.5 Å². The van der Waals surface area contributed by atoms with Crippen molar-refractivity contribution in [1.82, 2.24) is 0 Å². The molecule has 19 heavy (non-hydrogen) atoms. The molecule has 1 atom stereocenters. The minimum Gasteiger partial charge on any atom is -0.491 e. The molecule has 1 saturated heterocycles. The minimum absolute atomic E-state index is 0.160. The summed E-state index contributed by atoms with van der Waals surface area (Å²) in [6.07, 6.45) is 1.28. The lowest BCUT2D eigenvalue weighted by Crippen LogP contribution is -2.27. The number of halogens is 2. The number of hydrogen-bond acceptors (Lipinski definition) is 3. The van der Waals surface area contributed by atoms with Crippen molar-refractivity contribution in [3.05, 3.63) is 21.6 Å². The summed E-state index contributed by atoms with van der Waals surface area (Å²) in [7, 11) is 0. The van der Waals surface area contributed by atoms with Crippen LogP contribution < -0.4 is 10.1 Å². The molecular weight excluding hydrogens is 334 g/mol. The monoisotopic (exact) mass is 347 g/mol. The molecule has 1 fully saturated rings. The first-order valence-electron chi connectivity index (χ1n) is 6.16. The molecule has 1 aliphatic rings. The maximum absolute atomic E-state index is 12.0. The molecule has 0 radical (unpaired) electrons. The second kappa shape index (κ2) is 6.59. The molecule has 4 nitrogen and oxygen atoms in total. The Morgan fingerprint density at radius 2 is 2.42 bits per heavy atom. The molecule has 2 rings (SSSR count). The second-order valence-electron chi connectivity index (χ2n) is 4.19. The zero-order valence-corrected chi connectivity index (χ0v) is 12.9. The third-order valence-electron chi connectivity index (χ3n) is 2.78. The van der Waals surface area contributed by atoms with Gasteiger partial charge in [-0.25, -0.2) is 0 Å². The molecule has 1 heterocycles. The molecule has 1 aromatic rings. The quantitative estimate of drug-likeness (QED) is 0.904. The van der Waals surface area contributed by atoms with Crippen LogP contribution in [0.4, 0.5) is 5.69 Å². The van der Waals surface area contributed by atoms with Crippen molar-refractivity contribution in [3.63, 3.8) is 0 Å².